The van der Waals surface area contributed by atoms with Crippen LogP contribution in [0.4, 0.5) is 4.79 Å². The van der Waals surface area contributed by atoms with Gasteiger partial charge < -0.3 is 15.1 Å². The number of rotatable bonds is 2. The number of piperazine rings is 1. The number of nitrogens with one attached hydrogen (secondary N) is 1. The van der Waals surface area contributed by atoms with Crippen LogP contribution in [0.15, 0.2) is 6.07 Å². The highest BCUT2D eigenvalue weighted by molar-refractivity contribution is 5.92. The van der Waals surface area contributed by atoms with Crippen molar-refractivity contribution in [1.82, 2.24) is 24.9 Å². The van der Waals surface area contributed by atoms with Crippen LogP contribution in [0.5, 0.6) is 0 Å². The van der Waals surface area contributed by atoms with Crippen molar-refractivity contribution in [1.29, 1.82) is 0 Å². The highest BCUT2D eigenvalue weighted by Crippen LogP contribution is 2.19. The normalized spacial score (nSPS) is 21.4. The second-order valence-corrected chi connectivity index (χ2v) is 7.76. The first-order valence-corrected chi connectivity index (χ1v) is 10.1. The predicted molar refractivity (Wildman–Crippen MR) is 98.0 cm³/mol. The molecule has 3 amide bonds. The van der Waals surface area contributed by atoms with E-state index in [-0.39, 0.29) is 11.9 Å². The second kappa shape index (κ2) is 7.68. The Hall–Kier alpha value is -2.05. The molecule has 0 aromatic carbocycles. The maximum Gasteiger partial charge on any atom is 0.317 e. The molecule has 3 heterocycles. The van der Waals surface area contributed by atoms with Crippen LogP contribution >= 0.6 is 0 Å². The van der Waals surface area contributed by atoms with Gasteiger partial charge in [-0.3, -0.25) is 9.48 Å². The van der Waals surface area contributed by atoms with Gasteiger partial charge in [-0.2, -0.15) is 5.10 Å². The Morgan fingerprint density at radius 2 is 1.65 bits per heavy atom. The zero-order valence-corrected chi connectivity index (χ0v) is 15.5. The van der Waals surface area contributed by atoms with E-state index in [1.54, 1.807) is 0 Å². The first-order valence-electron chi connectivity index (χ1n) is 10.1. The number of carbonyl (C=O) groups excluding carboxylic acids is 2. The molecular formula is C19H29N5O2. The number of amides is 3. The number of urea groups is 1. The molecule has 2 fully saturated rings. The minimum Gasteiger partial charge on any atom is -0.335 e. The fourth-order valence-electron chi connectivity index (χ4n) is 4.31. The summed E-state index contributed by atoms with van der Waals surface area (Å²) in [6, 6.07) is 2.30. The fourth-order valence-corrected chi connectivity index (χ4v) is 4.31. The Labute approximate surface area is 154 Å². The summed E-state index contributed by atoms with van der Waals surface area (Å²) in [7, 11) is 0. The van der Waals surface area contributed by atoms with Crippen molar-refractivity contribution in [3.05, 3.63) is 17.5 Å². The first-order chi connectivity index (χ1) is 12.7. The van der Waals surface area contributed by atoms with E-state index in [1.165, 1.54) is 31.4 Å². The van der Waals surface area contributed by atoms with Crippen molar-refractivity contribution >= 4 is 11.9 Å². The third-order valence-electron chi connectivity index (χ3n) is 5.92. The Morgan fingerprint density at radius 3 is 2.38 bits per heavy atom. The molecule has 26 heavy (non-hydrogen) atoms. The number of aromatic nitrogens is 2. The largest absolute Gasteiger partial charge is 0.335 e. The van der Waals surface area contributed by atoms with E-state index >= 15 is 0 Å². The van der Waals surface area contributed by atoms with E-state index in [0.717, 1.165) is 32.2 Å². The van der Waals surface area contributed by atoms with Gasteiger partial charge in [-0.15, -0.1) is 0 Å². The summed E-state index contributed by atoms with van der Waals surface area (Å²) in [5.74, 6) is -0.000705. The van der Waals surface area contributed by atoms with E-state index in [4.69, 9.17) is 0 Å². The van der Waals surface area contributed by atoms with Crippen LogP contribution in [0.2, 0.25) is 0 Å². The molecule has 3 aliphatic rings. The maximum absolute atomic E-state index is 12.7. The quantitative estimate of drug-likeness (QED) is 0.878. The molecule has 1 saturated carbocycles. The monoisotopic (exact) mass is 359 g/mol. The van der Waals surface area contributed by atoms with Gasteiger partial charge in [0.2, 0.25) is 0 Å². The van der Waals surface area contributed by atoms with Crippen LogP contribution in [0, 0.1) is 0 Å². The zero-order valence-electron chi connectivity index (χ0n) is 15.5. The fraction of sp³-hybridized carbons (Fsp3) is 0.737. The molecule has 0 atom stereocenters. The lowest BCUT2D eigenvalue weighted by molar-refractivity contribution is 0.0656. The molecule has 0 radical (unpaired) electrons. The number of aryl methyl sites for hydroxylation is 2. The molecule has 7 nitrogen and oxygen atoms in total. The third-order valence-corrected chi connectivity index (χ3v) is 5.92. The first kappa shape index (κ1) is 17.4. The van der Waals surface area contributed by atoms with Gasteiger partial charge in [-0.1, -0.05) is 19.3 Å². The highest BCUT2D eigenvalue weighted by atomic mass is 16.2. The van der Waals surface area contributed by atoms with Gasteiger partial charge in [-0.05, 0) is 38.2 Å². The summed E-state index contributed by atoms with van der Waals surface area (Å²) in [5, 5.41) is 7.66. The molecule has 2 aliphatic heterocycles. The van der Waals surface area contributed by atoms with Gasteiger partial charge in [0, 0.05) is 44.5 Å². The zero-order chi connectivity index (χ0) is 17.9. The van der Waals surface area contributed by atoms with Gasteiger partial charge in [0.05, 0.1) is 0 Å². The molecule has 0 bridgehead atoms. The molecule has 142 valence electrons. The van der Waals surface area contributed by atoms with Gasteiger partial charge in [0.15, 0.2) is 5.69 Å². The minimum atomic E-state index is -0.000705. The van der Waals surface area contributed by atoms with Crippen molar-refractivity contribution in [3.8, 4) is 0 Å². The SMILES string of the molecule is O=C(NC1CCCCC1)N1CCN(C(=O)c2cc3n(n2)CCCC3)CC1. The van der Waals surface area contributed by atoms with Crippen LogP contribution < -0.4 is 5.32 Å². The van der Waals surface area contributed by atoms with E-state index in [0.29, 0.717) is 37.9 Å². The van der Waals surface area contributed by atoms with Crippen molar-refractivity contribution < 1.29 is 9.59 Å². The summed E-state index contributed by atoms with van der Waals surface area (Å²) in [6.45, 7) is 3.27. The molecule has 1 saturated heterocycles. The van der Waals surface area contributed by atoms with Crippen molar-refractivity contribution in [2.24, 2.45) is 0 Å². The highest BCUT2D eigenvalue weighted by Gasteiger charge is 2.28. The van der Waals surface area contributed by atoms with Crippen molar-refractivity contribution in [3.63, 3.8) is 0 Å². The van der Waals surface area contributed by atoms with Crippen LogP contribution in [0.25, 0.3) is 0 Å². The molecule has 4 rings (SSSR count). The maximum atomic E-state index is 12.7. The molecule has 0 spiro atoms. The Bertz CT molecular complexity index is 633. The van der Waals surface area contributed by atoms with Crippen LogP contribution in [0.3, 0.4) is 0 Å². The number of hydrogen-bond acceptors (Lipinski definition) is 3. The number of nitrogens with zero attached hydrogens (tertiary/aromatic N) is 4. The standard InChI is InChI=1S/C19H29N5O2/c25-18(17-14-16-8-4-5-9-24(16)21-17)22-10-12-23(13-11-22)19(26)20-15-6-2-1-3-7-15/h14-15H,1-13H2,(H,20,26). The Kier molecular flexibility index (Phi) is 5.13. The van der Waals surface area contributed by atoms with Gasteiger partial charge in [0.25, 0.3) is 5.91 Å². The van der Waals surface area contributed by atoms with Crippen LogP contribution in [-0.4, -0.2) is 63.7 Å². The van der Waals surface area contributed by atoms with Gasteiger partial charge >= 0.3 is 6.03 Å². The predicted octanol–water partition coefficient (Wildman–Crippen LogP) is 2.02. The smallest absolute Gasteiger partial charge is 0.317 e. The topological polar surface area (TPSA) is 70.5 Å². The van der Waals surface area contributed by atoms with E-state index in [2.05, 4.69) is 10.4 Å². The second-order valence-electron chi connectivity index (χ2n) is 7.76. The molecule has 0 unspecified atom stereocenters. The average molecular weight is 359 g/mol. The lowest BCUT2D eigenvalue weighted by atomic mass is 9.96. The van der Waals surface area contributed by atoms with Crippen LogP contribution in [0.1, 0.15) is 61.1 Å². The molecule has 1 aliphatic carbocycles. The number of hydrogen-bond donors (Lipinski definition) is 1. The summed E-state index contributed by atoms with van der Waals surface area (Å²) in [6.07, 6.45) is 9.21. The molecular weight excluding hydrogens is 330 g/mol. The molecule has 1 aromatic heterocycles. The summed E-state index contributed by atoms with van der Waals surface area (Å²) in [4.78, 5) is 28.9. The molecule has 7 heteroatoms. The third kappa shape index (κ3) is 3.71. The van der Waals surface area contributed by atoms with Gasteiger partial charge in [-0.25, -0.2) is 4.79 Å². The van der Waals surface area contributed by atoms with E-state index < -0.39 is 0 Å². The number of fused-ring (bicyclic) bond motifs is 1. The average Bonchev–Trinajstić information content (AvgIpc) is 3.12. The van der Waals surface area contributed by atoms with Crippen molar-refractivity contribution in [2.45, 2.75) is 64.0 Å². The number of carbonyl (C=O) groups is 2. The Morgan fingerprint density at radius 1 is 0.923 bits per heavy atom. The van der Waals surface area contributed by atoms with E-state index in [1.807, 2.05) is 20.5 Å². The summed E-state index contributed by atoms with van der Waals surface area (Å²) < 4.78 is 1.98. The van der Waals surface area contributed by atoms with Gasteiger partial charge in [0.1, 0.15) is 0 Å². The summed E-state index contributed by atoms with van der Waals surface area (Å²) in [5.41, 5.74) is 1.73. The summed E-state index contributed by atoms with van der Waals surface area (Å²) >= 11 is 0. The molecule has 1 N–H and O–H groups in total. The lowest BCUT2D eigenvalue weighted by Gasteiger charge is -2.35. The van der Waals surface area contributed by atoms with Crippen LogP contribution in [-0.2, 0) is 13.0 Å². The lowest BCUT2D eigenvalue weighted by Crippen LogP contribution is -2.54. The molecule has 1 aromatic rings. The van der Waals surface area contributed by atoms with Crippen molar-refractivity contribution in [2.75, 3.05) is 26.2 Å². The Balaban J connectivity index is 1.29. The minimum absolute atomic E-state index is 0.000705. The van der Waals surface area contributed by atoms with E-state index in [9.17, 15) is 9.59 Å².